The van der Waals surface area contributed by atoms with Crippen molar-refractivity contribution in [3.8, 4) is 5.75 Å². The first-order valence-electron chi connectivity index (χ1n) is 4.75. The van der Waals surface area contributed by atoms with Crippen molar-refractivity contribution in [2.75, 3.05) is 13.7 Å². The molecular formula is C11H15NO3. The van der Waals surface area contributed by atoms with Gasteiger partial charge in [0.15, 0.2) is 0 Å². The number of esters is 1. The Balaban J connectivity index is 2.89. The number of ether oxygens (including phenoxy) is 2. The number of benzene rings is 1. The van der Waals surface area contributed by atoms with Crippen LogP contribution in [0.2, 0.25) is 0 Å². The van der Waals surface area contributed by atoms with Gasteiger partial charge in [-0.15, -0.1) is 0 Å². The number of carbonyl (C=O) groups is 1. The van der Waals surface area contributed by atoms with E-state index in [1.807, 2.05) is 6.07 Å². The molecule has 0 spiro atoms. The average molecular weight is 209 g/mol. The van der Waals surface area contributed by atoms with Gasteiger partial charge in [0, 0.05) is 5.56 Å². The maximum Gasteiger partial charge on any atom is 0.327 e. The number of rotatable bonds is 4. The number of methoxy groups -OCH3 is 1. The van der Waals surface area contributed by atoms with Crippen molar-refractivity contribution in [2.24, 2.45) is 5.73 Å². The Kier molecular flexibility index (Phi) is 4.12. The smallest absolute Gasteiger partial charge is 0.327 e. The first-order valence-corrected chi connectivity index (χ1v) is 4.75. The summed E-state index contributed by atoms with van der Waals surface area (Å²) in [5.74, 6) is 0.153. The van der Waals surface area contributed by atoms with E-state index in [-0.39, 0.29) is 0 Å². The van der Waals surface area contributed by atoms with Crippen LogP contribution in [0.3, 0.4) is 0 Å². The molecule has 1 aromatic rings. The highest BCUT2D eigenvalue weighted by atomic mass is 16.5. The van der Waals surface area contributed by atoms with Crippen LogP contribution in [-0.2, 0) is 9.53 Å². The lowest BCUT2D eigenvalue weighted by atomic mass is 10.1. The first kappa shape index (κ1) is 11.5. The van der Waals surface area contributed by atoms with E-state index in [2.05, 4.69) is 0 Å². The zero-order valence-electron chi connectivity index (χ0n) is 8.90. The van der Waals surface area contributed by atoms with Gasteiger partial charge in [-0.2, -0.15) is 0 Å². The molecule has 0 heterocycles. The van der Waals surface area contributed by atoms with Gasteiger partial charge in [-0.05, 0) is 13.0 Å². The van der Waals surface area contributed by atoms with Gasteiger partial charge in [0.2, 0.25) is 0 Å². The Hall–Kier alpha value is -1.55. The fourth-order valence-electron chi connectivity index (χ4n) is 1.28. The quantitative estimate of drug-likeness (QED) is 0.758. The number of hydrogen-bond donors (Lipinski definition) is 1. The molecule has 2 N–H and O–H groups in total. The highest BCUT2D eigenvalue weighted by Gasteiger charge is 2.20. The Bertz CT molecular complexity index is 338. The largest absolute Gasteiger partial charge is 0.496 e. The van der Waals surface area contributed by atoms with E-state index in [9.17, 15) is 4.79 Å². The van der Waals surface area contributed by atoms with Crippen LogP contribution in [0.25, 0.3) is 0 Å². The van der Waals surface area contributed by atoms with Gasteiger partial charge in [0.25, 0.3) is 0 Å². The number of carbonyl (C=O) groups excluding carboxylic acids is 1. The third-order valence-electron chi connectivity index (χ3n) is 2.01. The Morgan fingerprint density at radius 1 is 1.47 bits per heavy atom. The molecule has 0 amide bonds. The number of nitrogens with two attached hydrogens (primary N) is 1. The van der Waals surface area contributed by atoms with Crippen LogP contribution in [0.15, 0.2) is 24.3 Å². The SMILES string of the molecule is CCOC(=O)C(N)c1ccccc1OC. The van der Waals surface area contributed by atoms with Crippen LogP contribution in [0.1, 0.15) is 18.5 Å². The minimum absolute atomic E-state index is 0.321. The van der Waals surface area contributed by atoms with E-state index in [4.69, 9.17) is 15.2 Å². The molecule has 4 heteroatoms. The van der Waals surface area contributed by atoms with Crippen LogP contribution >= 0.6 is 0 Å². The van der Waals surface area contributed by atoms with E-state index in [1.54, 1.807) is 25.1 Å². The minimum Gasteiger partial charge on any atom is -0.496 e. The predicted octanol–water partition coefficient (Wildman–Crippen LogP) is 1.26. The fraction of sp³-hybridized carbons (Fsp3) is 0.364. The van der Waals surface area contributed by atoms with Crippen molar-refractivity contribution in [1.82, 2.24) is 0 Å². The van der Waals surface area contributed by atoms with Crippen molar-refractivity contribution < 1.29 is 14.3 Å². The summed E-state index contributed by atoms with van der Waals surface area (Å²) in [4.78, 5) is 11.4. The van der Waals surface area contributed by atoms with Crippen molar-refractivity contribution in [3.63, 3.8) is 0 Å². The van der Waals surface area contributed by atoms with Crippen LogP contribution in [0.4, 0.5) is 0 Å². The van der Waals surface area contributed by atoms with Crippen molar-refractivity contribution in [2.45, 2.75) is 13.0 Å². The minimum atomic E-state index is -0.791. The standard InChI is InChI=1S/C11H15NO3/c1-3-15-11(13)10(12)8-6-4-5-7-9(8)14-2/h4-7,10H,3,12H2,1-2H3. The lowest BCUT2D eigenvalue weighted by molar-refractivity contribution is -0.144. The van der Waals surface area contributed by atoms with Crippen LogP contribution < -0.4 is 10.5 Å². The van der Waals surface area contributed by atoms with Crippen molar-refractivity contribution in [3.05, 3.63) is 29.8 Å². The number of para-hydroxylation sites is 1. The molecule has 0 aliphatic rings. The van der Waals surface area contributed by atoms with E-state index >= 15 is 0 Å². The monoisotopic (exact) mass is 209 g/mol. The van der Waals surface area contributed by atoms with E-state index < -0.39 is 12.0 Å². The summed E-state index contributed by atoms with van der Waals surface area (Å²) >= 11 is 0. The second-order valence-corrected chi connectivity index (χ2v) is 2.97. The molecule has 0 radical (unpaired) electrons. The van der Waals surface area contributed by atoms with Gasteiger partial charge >= 0.3 is 5.97 Å². The van der Waals surface area contributed by atoms with Gasteiger partial charge in [-0.3, -0.25) is 0 Å². The second-order valence-electron chi connectivity index (χ2n) is 2.97. The molecule has 0 bridgehead atoms. The lowest BCUT2D eigenvalue weighted by Crippen LogP contribution is -2.24. The molecule has 0 aromatic heterocycles. The summed E-state index contributed by atoms with van der Waals surface area (Å²) in [5.41, 5.74) is 6.38. The summed E-state index contributed by atoms with van der Waals surface area (Å²) in [7, 11) is 1.54. The third-order valence-corrected chi connectivity index (χ3v) is 2.01. The van der Waals surface area contributed by atoms with Gasteiger partial charge in [0.05, 0.1) is 13.7 Å². The van der Waals surface area contributed by atoms with Crippen LogP contribution in [0, 0.1) is 0 Å². The van der Waals surface area contributed by atoms with Crippen molar-refractivity contribution >= 4 is 5.97 Å². The summed E-state index contributed by atoms with van der Waals surface area (Å²) in [6.45, 7) is 2.06. The first-order chi connectivity index (χ1) is 7.20. The molecule has 4 nitrogen and oxygen atoms in total. The second kappa shape index (κ2) is 5.36. The summed E-state index contributed by atoms with van der Waals surface area (Å²) in [6.07, 6.45) is 0. The molecule has 15 heavy (non-hydrogen) atoms. The Morgan fingerprint density at radius 3 is 2.73 bits per heavy atom. The van der Waals surface area contributed by atoms with Crippen molar-refractivity contribution in [1.29, 1.82) is 0 Å². The molecule has 0 saturated carbocycles. The zero-order chi connectivity index (χ0) is 11.3. The summed E-state index contributed by atoms with van der Waals surface area (Å²) in [5, 5.41) is 0. The van der Waals surface area contributed by atoms with Gasteiger partial charge in [-0.1, -0.05) is 18.2 Å². The van der Waals surface area contributed by atoms with Crippen LogP contribution in [-0.4, -0.2) is 19.7 Å². The molecule has 1 atom stereocenters. The molecule has 1 unspecified atom stereocenters. The van der Waals surface area contributed by atoms with Gasteiger partial charge in [0.1, 0.15) is 11.8 Å². The molecular weight excluding hydrogens is 194 g/mol. The molecule has 0 aliphatic heterocycles. The lowest BCUT2D eigenvalue weighted by Gasteiger charge is -2.13. The molecule has 1 aromatic carbocycles. The third kappa shape index (κ3) is 2.70. The summed E-state index contributed by atoms with van der Waals surface area (Å²) in [6, 6.07) is 6.34. The topological polar surface area (TPSA) is 61.5 Å². The van der Waals surface area contributed by atoms with Crippen LogP contribution in [0.5, 0.6) is 5.75 Å². The normalized spacial score (nSPS) is 11.9. The average Bonchev–Trinajstić information content (AvgIpc) is 2.28. The maximum atomic E-state index is 11.4. The zero-order valence-corrected chi connectivity index (χ0v) is 8.90. The molecule has 0 saturated heterocycles. The summed E-state index contributed by atoms with van der Waals surface area (Å²) < 4.78 is 9.95. The van der Waals surface area contributed by atoms with Gasteiger partial charge in [-0.25, -0.2) is 4.79 Å². The molecule has 1 rings (SSSR count). The highest BCUT2D eigenvalue weighted by molar-refractivity contribution is 5.78. The fourth-order valence-corrected chi connectivity index (χ4v) is 1.28. The molecule has 0 aliphatic carbocycles. The Morgan fingerprint density at radius 2 is 2.13 bits per heavy atom. The number of hydrogen-bond acceptors (Lipinski definition) is 4. The van der Waals surface area contributed by atoms with E-state index in [0.29, 0.717) is 17.9 Å². The Labute approximate surface area is 89.0 Å². The highest BCUT2D eigenvalue weighted by Crippen LogP contribution is 2.23. The predicted molar refractivity (Wildman–Crippen MR) is 56.6 cm³/mol. The molecule has 82 valence electrons. The molecule has 0 fully saturated rings. The van der Waals surface area contributed by atoms with Gasteiger partial charge < -0.3 is 15.2 Å². The van der Waals surface area contributed by atoms with E-state index in [1.165, 1.54) is 7.11 Å². The maximum absolute atomic E-state index is 11.4. The van der Waals surface area contributed by atoms with E-state index in [0.717, 1.165) is 0 Å².